The summed E-state index contributed by atoms with van der Waals surface area (Å²) < 4.78 is 5.55. The van der Waals surface area contributed by atoms with Gasteiger partial charge in [0.25, 0.3) is 0 Å². The largest absolute Gasteiger partial charge is 0.461 e. The van der Waals surface area contributed by atoms with E-state index in [-0.39, 0.29) is 5.78 Å². The van der Waals surface area contributed by atoms with Gasteiger partial charge in [0.15, 0.2) is 5.78 Å². The molecule has 74 valence electrons. The third-order valence-corrected chi connectivity index (χ3v) is 3.47. The van der Waals surface area contributed by atoms with E-state index in [0.29, 0.717) is 0 Å². The van der Waals surface area contributed by atoms with Crippen molar-refractivity contribution in [3.8, 4) is 11.3 Å². The first-order chi connectivity index (χ1) is 7.25. The Bertz CT molecular complexity index is 572. The number of rotatable bonds is 1. The molecule has 2 heterocycles. The van der Waals surface area contributed by atoms with Crippen molar-refractivity contribution >= 4 is 23.2 Å². The van der Waals surface area contributed by atoms with Crippen molar-refractivity contribution in [2.45, 2.75) is 6.92 Å². The van der Waals surface area contributed by atoms with Crippen molar-refractivity contribution < 1.29 is 9.21 Å². The second-order valence-electron chi connectivity index (χ2n) is 3.50. The second kappa shape index (κ2) is 2.94. The summed E-state index contributed by atoms with van der Waals surface area (Å²) in [5, 5.41) is 1.98. The van der Waals surface area contributed by atoms with E-state index in [4.69, 9.17) is 4.42 Å². The molecular formula is C12H8O2S. The first-order valence-corrected chi connectivity index (χ1v) is 5.54. The maximum atomic E-state index is 11.4. The molecule has 0 unspecified atom stereocenters. The van der Waals surface area contributed by atoms with Crippen molar-refractivity contribution in [1.29, 1.82) is 0 Å². The van der Waals surface area contributed by atoms with Crippen LogP contribution >= 0.6 is 11.3 Å². The highest BCUT2D eigenvalue weighted by molar-refractivity contribution is 7.13. The average Bonchev–Trinajstić information content (AvgIpc) is 2.84. The minimum Gasteiger partial charge on any atom is -0.461 e. The van der Waals surface area contributed by atoms with Crippen molar-refractivity contribution in [2.75, 3.05) is 0 Å². The number of allylic oxidation sites excluding steroid dienone is 1. The lowest BCUT2D eigenvalue weighted by molar-refractivity contribution is 0.105. The summed E-state index contributed by atoms with van der Waals surface area (Å²) >= 11 is 1.48. The third-order valence-electron chi connectivity index (χ3n) is 2.46. The summed E-state index contributed by atoms with van der Waals surface area (Å²) in [5.74, 6) is 1.83. The molecule has 2 aromatic heterocycles. The van der Waals surface area contributed by atoms with E-state index in [1.165, 1.54) is 11.3 Å². The van der Waals surface area contributed by atoms with Crippen LogP contribution in [0.4, 0.5) is 0 Å². The molecule has 3 rings (SSSR count). The van der Waals surface area contributed by atoms with Crippen LogP contribution in [0.25, 0.3) is 17.4 Å². The van der Waals surface area contributed by atoms with E-state index < -0.39 is 0 Å². The van der Waals surface area contributed by atoms with Crippen LogP contribution in [0.15, 0.2) is 28.0 Å². The zero-order valence-corrected chi connectivity index (χ0v) is 8.93. The van der Waals surface area contributed by atoms with Crippen LogP contribution in [0.5, 0.6) is 0 Å². The smallest absolute Gasteiger partial charge is 0.196 e. The van der Waals surface area contributed by atoms with Crippen LogP contribution < -0.4 is 0 Å². The molecule has 3 heteroatoms. The Morgan fingerprint density at radius 1 is 1.27 bits per heavy atom. The lowest BCUT2D eigenvalue weighted by atomic mass is 10.1. The summed E-state index contributed by atoms with van der Waals surface area (Å²) in [4.78, 5) is 12.2. The number of aryl methyl sites for hydroxylation is 1. The van der Waals surface area contributed by atoms with E-state index in [1.54, 1.807) is 6.08 Å². The summed E-state index contributed by atoms with van der Waals surface area (Å²) in [6, 6.07) is 3.87. The van der Waals surface area contributed by atoms with E-state index in [9.17, 15) is 4.79 Å². The fourth-order valence-electron chi connectivity index (χ4n) is 1.73. The molecule has 0 N–H and O–H groups in total. The molecular weight excluding hydrogens is 208 g/mol. The molecule has 0 amide bonds. The van der Waals surface area contributed by atoms with Gasteiger partial charge in [-0.15, -0.1) is 11.3 Å². The van der Waals surface area contributed by atoms with Gasteiger partial charge in [-0.3, -0.25) is 4.79 Å². The summed E-state index contributed by atoms with van der Waals surface area (Å²) in [7, 11) is 0. The van der Waals surface area contributed by atoms with E-state index in [2.05, 4.69) is 0 Å². The zero-order chi connectivity index (χ0) is 10.4. The number of ketones is 1. The van der Waals surface area contributed by atoms with Gasteiger partial charge in [-0.25, -0.2) is 0 Å². The van der Waals surface area contributed by atoms with Gasteiger partial charge in [0.2, 0.25) is 0 Å². The molecule has 2 nitrogen and oxygen atoms in total. The lowest BCUT2D eigenvalue weighted by Crippen LogP contribution is -1.84. The summed E-state index contributed by atoms with van der Waals surface area (Å²) in [6.07, 6.45) is 3.47. The fourth-order valence-corrected chi connectivity index (χ4v) is 2.70. The predicted octanol–water partition coefficient (Wildman–Crippen LogP) is 3.53. The highest BCUT2D eigenvalue weighted by Gasteiger charge is 2.21. The quantitative estimate of drug-likeness (QED) is 0.730. The Morgan fingerprint density at radius 2 is 2.13 bits per heavy atom. The number of carbonyl (C=O) groups is 1. The Balaban J connectivity index is 2.19. The van der Waals surface area contributed by atoms with Gasteiger partial charge in [0.1, 0.15) is 11.5 Å². The number of hydrogen-bond acceptors (Lipinski definition) is 3. The number of thiophene rings is 1. The molecule has 0 aromatic carbocycles. The SMILES string of the molecule is Cc1ccc(-c2csc3c2C=CC3=O)o1. The zero-order valence-electron chi connectivity index (χ0n) is 8.11. The van der Waals surface area contributed by atoms with Gasteiger partial charge in [0.05, 0.1) is 4.88 Å². The molecule has 0 aliphatic heterocycles. The van der Waals surface area contributed by atoms with Crippen molar-refractivity contribution in [3.05, 3.63) is 39.8 Å². The minimum absolute atomic E-state index is 0.101. The van der Waals surface area contributed by atoms with Gasteiger partial charge in [-0.05, 0) is 31.2 Å². The molecule has 0 fully saturated rings. The highest BCUT2D eigenvalue weighted by Crippen LogP contribution is 2.36. The molecule has 0 bridgehead atoms. The number of furan rings is 1. The molecule has 0 radical (unpaired) electrons. The Kier molecular flexibility index (Phi) is 1.70. The van der Waals surface area contributed by atoms with Gasteiger partial charge >= 0.3 is 0 Å². The van der Waals surface area contributed by atoms with E-state index >= 15 is 0 Å². The number of hydrogen-bond donors (Lipinski definition) is 0. The maximum Gasteiger partial charge on any atom is 0.196 e. The normalized spacial score (nSPS) is 13.5. The molecule has 0 atom stereocenters. The van der Waals surface area contributed by atoms with Crippen LogP contribution in [-0.2, 0) is 0 Å². The van der Waals surface area contributed by atoms with Gasteiger partial charge in [-0.1, -0.05) is 0 Å². The molecule has 15 heavy (non-hydrogen) atoms. The first kappa shape index (κ1) is 8.68. The maximum absolute atomic E-state index is 11.4. The number of fused-ring (bicyclic) bond motifs is 1. The van der Waals surface area contributed by atoms with Crippen LogP contribution in [0.2, 0.25) is 0 Å². The monoisotopic (exact) mass is 216 g/mol. The van der Waals surface area contributed by atoms with Crippen molar-refractivity contribution in [2.24, 2.45) is 0 Å². The van der Waals surface area contributed by atoms with E-state index in [0.717, 1.165) is 27.5 Å². The molecule has 0 saturated heterocycles. The number of carbonyl (C=O) groups excluding carboxylic acids is 1. The average molecular weight is 216 g/mol. The summed E-state index contributed by atoms with van der Waals surface area (Å²) in [6.45, 7) is 1.91. The molecule has 1 aliphatic carbocycles. The second-order valence-corrected chi connectivity index (χ2v) is 4.38. The molecule has 2 aromatic rings. The molecule has 0 saturated carbocycles. The highest BCUT2D eigenvalue weighted by atomic mass is 32.1. The lowest BCUT2D eigenvalue weighted by Gasteiger charge is -1.93. The standard InChI is InChI=1S/C12H8O2S/c1-7-2-5-11(14-7)9-6-15-12-8(9)3-4-10(12)13/h2-6H,1H3. The van der Waals surface area contributed by atoms with Crippen LogP contribution in [0.3, 0.4) is 0 Å². The fraction of sp³-hybridized carbons (Fsp3) is 0.0833. The van der Waals surface area contributed by atoms with Crippen LogP contribution in [0.1, 0.15) is 21.0 Å². The topological polar surface area (TPSA) is 30.2 Å². The molecule has 1 aliphatic rings. The first-order valence-electron chi connectivity index (χ1n) is 4.66. The van der Waals surface area contributed by atoms with Crippen LogP contribution in [-0.4, -0.2) is 5.78 Å². The van der Waals surface area contributed by atoms with Gasteiger partial charge in [0, 0.05) is 16.5 Å². The molecule has 0 spiro atoms. The Morgan fingerprint density at radius 3 is 2.87 bits per heavy atom. The van der Waals surface area contributed by atoms with Crippen LogP contribution in [0, 0.1) is 6.92 Å². The van der Waals surface area contributed by atoms with E-state index in [1.807, 2.05) is 30.5 Å². The third kappa shape index (κ3) is 1.20. The van der Waals surface area contributed by atoms with Crippen molar-refractivity contribution in [3.63, 3.8) is 0 Å². The van der Waals surface area contributed by atoms with Gasteiger partial charge in [-0.2, -0.15) is 0 Å². The summed E-state index contributed by atoms with van der Waals surface area (Å²) in [5.41, 5.74) is 2.02. The Hall–Kier alpha value is -1.61. The van der Waals surface area contributed by atoms with Gasteiger partial charge < -0.3 is 4.42 Å². The van der Waals surface area contributed by atoms with Crippen molar-refractivity contribution in [1.82, 2.24) is 0 Å². The predicted molar refractivity (Wildman–Crippen MR) is 60.1 cm³/mol. The minimum atomic E-state index is 0.101. The Labute approximate surface area is 90.8 Å².